The summed E-state index contributed by atoms with van der Waals surface area (Å²) in [5, 5.41) is 0.649. The van der Waals surface area contributed by atoms with E-state index in [4.69, 9.17) is 22.1 Å². The summed E-state index contributed by atoms with van der Waals surface area (Å²) < 4.78 is 5.84. The molecule has 4 rings (SSSR count). The van der Waals surface area contributed by atoms with Crippen LogP contribution in [0.4, 0.5) is 5.82 Å². The first-order valence-electron chi connectivity index (χ1n) is 10.1. The number of fused-ring (bicyclic) bond motifs is 1. The van der Waals surface area contributed by atoms with E-state index >= 15 is 0 Å². The van der Waals surface area contributed by atoms with Crippen LogP contribution < -0.4 is 10.5 Å². The van der Waals surface area contributed by atoms with E-state index in [0.29, 0.717) is 30.1 Å². The summed E-state index contributed by atoms with van der Waals surface area (Å²) in [4.78, 5) is 32.9. The third kappa shape index (κ3) is 3.94. The van der Waals surface area contributed by atoms with Crippen LogP contribution in [0.1, 0.15) is 40.4 Å². The molecule has 0 saturated carbocycles. The van der Waals surface area contributed by atoms with Crippen molar-refractivity contribution in [3.05, 3.63) is 52.2 Å². The molecule has 30 heavy (non-hydrogen) atoms. The minimum Gasteiger partial charge on any atom is -0.480 e. The van der Waals surface area contributed by atoms with Crippen molar-refractivity contribution < 1.29 is 14.3 Å². The molecule has 0 radical (unpaired) electrons. The topological polar surface area (TPSA) is 88.8 Å². The molecule has 1 aromatic carbocycles. The summed E-state index contributed by atoms with van der Waals surface area (Å²) in [6.45, 7) is 1.28. The van der Waals surface area contributed by atoms with Crippen molar-refractivity contribution in [3.63, 3.8) is 0 Å². The Hall–Kier alpha value is -2.80. The van der Waals surface area contributed by atoms with Crippen molar-refractivity contribution in [3.8, 4) is 5.75 Å². The van der Waals surface area contributed by atoms with Crippen LogP contribution in [0.3, 0.4) is 0 Å². The van der Waals surface area contributed by atoms with Crippen molar-refractivity contribution in [2.75, 3.05) is 32.9 Å². The van der Waals surface area contributed by atoms with Crippen molar-refractivity contribution >= 4 is 29.2 Å². The Morgan fingerprint density at radius 3 is 2.60 bits per heavy atom. The number of hydrogen-bond donors (Lipinski definition) is 1. The molecule has 1 fully saturated rings. The number of pyridine rings is 1. The number of nitrogens with two attached hydrogens (primary N) is 1. The lowest BCUT2D eigenvalue weighted by molar-refractivity contribution is -0.139. The van der Waals surface area contributed by atoms with E-state index in [-0.39, 0.29) is 23.6 Å². The molecular weight excluding hydrogens is 404 g/mol. The van der Waals surface area contributed by atoms with E-state index < -0.39 is 6.10 Å². The van der Waals surface area contributed by atoms with E-state index in [1.54, 1.807) is 26.2 Å². The normalized spacial score (nSPS) is 18.6. The highest BCUT2D eigenvalue weighted by atomic mass is 35.5. The largest absolute Gasteiger partial charge is 0.480 e. The van der Waals surface area contributed by atoms with Crippen LogP contribution in [-0.2, 0) is 11.2 Å². The maximum atomic E-state index is 12.9. The van der Waals surface area contributed by atoms with Gasteiger partial charge in [-0.1, -0.05) is 11.6 Å². The Labute approximate surface area is 180 Å². The van der Waals surface area contributed by atoms with Crippen LogP contribution in [0.5, 0.6) is 5.75 Å². The summed E-state index contributed by atoms with van der Waals surface area (Å²) in [5.74, 6) is 1.05. The van der Waals surface area contributed by atoms with Gasteiger partial charge < -0.3 is 20.3 Å². The summed E-state index contributed by atoms with van der Waals surface area (Å²) in [5.41, 5.74) is 8.28. The van der Waals surface area contributed by atoms with Crippen LogP contribution >= 0.6 is 11.6 Å². The van der Waals surface area contributed by atoms with Gasteiger partial charge in [0, 0.05) is 50.2 Å². The first-order valence-corrected chi connectivity index (χ1v) is 10.4. The van der Waals surface area contributed by atoms with Gasteiger partial charge in [-0.2, -0.15) is 0 Å². The number of rotatable bonds is 3. The molecule has 1 saturated heterocycles. The van der Waals surface area contributed by atoms with Crippen LogP contribution in [0.25, 0.3) is 0 Å². The molecule has 0 bridgehead atoms. The Bertz CT molecular complexity index is 986. The van der Waals surface area contributed by atoms with E-state index in [2.05, 4.69) is 4.98 Å². The maximum absolute atomic E-state index is 12.9. The quantitative estimate of drug-likeness (QED) is 0.811. The molecule has 1 aromatic heterocycles. The number of anilines is 1. The highest BCUT2D eigenvalue weighted by molar-refractivity contribution is 6.30. The number of benzene rings is 1. The fraction of sp³-hybridized carbons (Fsp3) is 0.409. The number of amides is 2. The molecule has 8 heteroatoms. The molecule has 7 nitrogen and oxygen atoms in total. The molecule has 3 heterocycles. The van der Waals surface area contributed by atoms with Crippen LogP contribution in [0.2, 0.25) is 5.02 Å². The fourth-order valence-electron chi connectivity index (χ4n) is 4.09. The lowest BCUT2D eigenvalue weighted by Crippen LogP contribution is -2.45. The van der Waals surface area contributed by atoms with Gasteiger partial charge in [-0.25, -0.2) is 4.98 Å². The predicted octanol–water partition coefficient (Wildman–Crippen LogP) is 2.73. The fourth-order valence-corrected chi connectivity index (χ4v) is 4.29. The number of carbonyl (C=O) groups excluding carboxylic acids is 2. The average molecular weight is 429 g/mol. The van der Waals surface area contributed by atoms with Crippen LogP contribution in [-0.4, -0.2) is 59.9 Å². The molecule has 0 aliphatic carbocycles. The number of likely N-dealkylation sites (tertiary alicyclic amines) is 1. The molecule has 1 atom stereocenters. The summed E-state index contributed by atoms with van der Waals surface area (Å²) >= 11 is 6.04. The Kier molecular flexibility index (Phi) is 5.56. The standard InChI is InChI=1S/C22H25ClN4O3/c1-26(2)21(28)16-4-5-17(25-20(16)24)13-7-9-27(10-8-13)22(29)19-12-14-11-15(23)3-6-18(14)30-19/h3-6,11,13,19H,7-10,12H2,1-2H3,(H2,24,25)/t19-/m0/s1. The molecule has 0 spiro atoms. The molecule has 2 aliphatic heterocycles. The number of hydrogen-bond acceptors (Lipinski definition) is 5. The molecule has 2 aliphatic rings. The van der Waals surface area contributed by atoms with Gasteiger partial charge in [0.1, 0.15) is 11.6 Å². The van der Waals surface area contributed by atoms with E-state index in [1.165, 1.54) is 4.90 Å². The summed E-state index contributed by atoms with van der Waals surface area (Å²) in [7, 11) is 3.37. The molecule has 0 unspecified atom stereocenters. The van der Waals surface area contributed by atoms with Gasteiger partial charge in [-0.05, 0) is 48.7 Å². The van der Waals surface area contributed by atoms with Gasteiger partial charge >= 0.3 is 0 Å². The highest BCUT2D eigenvalue weighted by Gasteiger charge is 2.34. The first kappa shape index (κ1) is 20.5. The zero-order valence-electron chi connectivity index (χ0n) is 17.1. The van der Waals surface area contributed by atoms with Gasteiger partial charge in [-0.3, -0.25) is 9.59 Å². The second-order valence-electron chi connectivity index (χ2n) is 8.03. The summed E-state index contributed by atoms with van der Waals surface area (Å²) in [6, 6.07) is 9.06. The maximum Gasteiger partial charge on any atom is 0.263 e. The van der Waals surface area contributed by atoms with Crippen molar-refractivity contribution in [1.82, 2.24) is 14.8 Å². The Morgan fingerprint density at radius 1 is 1.20 bits per heavy atom. The smallest absolute Gasteiger partial charge is 0.263 e. The lowest BCUT2D eigenvalue weighted by atomic mass is 9.92. The first-order chi connectivity index (χ1) is 14.3. The van der Waals surface area contributed by atoms with Gasteiger partial charge in [0.2, 0.25) is 0 Å². The minimum atomic E-state index is -0.486. The van der Waals surface area contributed by atoms with Gasteiger partial charge in [0.25, 0.3) is 11.8 Å². The van der Waals surface area contributed by atoms with E-state index in [9.17, 15) is 9.59 Å². The number of piperidine rings is 1. The number of aromatic nitrogens is 1. The SMILES string of the molecule is CN(C)C(=O)c1ccc(C2CCN(C(=O)[C@@H]3Cc4cc(Cl)ccc4O3)CC2)nc1N. The zero-order chi connectivity index (χ0) is 21.4. The van der Waals surface area contributed by atoms with Gasteiger partial charge in [-0.15, -0.1) is 0 Å². The highest BCUT2D eigenvalue weighted by Crippen LogP contribution is 2.33. The van der Waals surface area contributed by atoms with E-state index in [0.717, 1.165) is 29.8 Å². The minimum absolute atomic E-state index is 0.0140. The molecule has 2 aromatic rings. The monoisotopic (exact) mass is 428 g/mol. The predicted molar refractivity (Wildman–Crippen MR) is 115 cm³/mol. The Balaban J connectivity index is 1.37. The number of nitrogens with zero attached hydrogens (tertiary/aromatic N) is 3. The Morgan fingerprint density at radius 2 is 1.93 bits per heavy atom. The molecule has 2 amide bonds. The number of nitrogen functional groups attached to an aromatic ring is 1. The van der Waals surface area contributed by atoms with Crippen LogP contribution in [0, 0.1) is 0 Å². The molecule has 158 valence electrons. The zero-order valence-corrected chi connectivity index (χ0v) is 17.9. The van der Waals surface area contributed by atoms with Crippen molar-refractivity contribution in [2.45, 2.75) is 31.3 Å². The molecule has 2 N–H and O–H groups in total. The van der Waals surface area contributed by atoms with E-state index in [1.807, 2.05) is 23.1 Å². The second-order valence-corrected chi connectivity index (χ2v) is 8.47. The third-order valence-corrected chi connectivity index (χ3v) is 6.02. The number of ether oxygens (including phenoxy) is 1. The summed E-state index contributed by atoms with van der Waals surface area (Å²) in [6.07, 6.45) is 1.66. The van der Waals surface area contributed by atoms with Crippen LogP contribution in [0.15, 0.2) is 30.3 Å². The number of carbonyl (C=O) groups is 2. The van der Waals surface area contributed by atoms with Gasteiger partial charge in [0.05, 0.1) is 5.56 Å². The lowest BCUT2D eigenvalue weighted by Gasteiger charge is -2.33. The number of halogens is 1. The average Bonchev–Trinajstić information content (AvgIpc) is 3.16. The second kappa shape index (κ2) is 8.14. The molecular formula is C22H25ClN4O3. The van der Waals surface area contributed by atoms with Crippen molar-refractivity contribution in [1.29, 1.82) is 0 Å². The third-order valence-electron chi connectivity index (χ3n) is 5.78. The van der Waals surface area contributed by atoms with Gasteiger partial charge in [0.15, 0.2) is 6.10 Å². The van der Waals surface area contributed by atoms with Crippen molar-refractivity contribution in [2.24, 2.45) is 0 Å².